The van der Waals surface area contributed by atoms with Crippen molar-refractivity contribution in [2.75, 3.05) is 6.54 Å². The zero-order chi connectivity index (χ0) is 10.7. The molecular weight excluding hydrogens is 208 g/mol. The molecule has 3 nitrogen and oxygen atoms in total. The number of nitrogens with one attached hydrogen (secondary N) is 1. The zero-order valence-corrected chi connectivity index (χ0v) is 9.73. The fourth-order valence-corrected chi connectivity index (χ4v) is 2.34. The summed E-state index contributed by atoms with van der Waals surface area (Å²) in [6.45, 7) is 6.01. The van der Waals surface area contributed by atoms with Gasteiger partial charge in [-0.2, -0.15) is 0 Å². The minimum absolute atomic E-state index is 0.853. The first-order valence-corrected chi connectivity index (χ1v) is 5.83. The third kappa shape index (κ3) is 2.27. The van der Waals surface area contributed by atoms with Crippen LogP contribution in [0.1, 0.15) is 17.5 Å². The van der Waals surface area contributed by atoms with Crippen LogP contribution in [0.3, 0.4) is 0 Å². The van der Waals surface area contributed by atoms with E-state index in [0.29, 0.717) is 0 Å². The lowest BCUT2D eigenvalue weighted by atomic mass is 10.4. The van der Waals surface area contributed by atoms with Crippen LogP contribution in [0.25, 0.3) is 10.8 Å². The van der Waals surface area contributed by atoms with E-state index in [1.54, 1.807) is 17.6 Å². The first kappa shape index (κ1) is 10.4. The number of rotatable bonds is 4. The van der Waals surface area contributed by atoms with Crippen molar-refractivity contribution in [1.29, 1.82) is 0 Å². The van der Waals surface area contributed by atoms with E-state index in [0.717, 1.165) is 29.6 Å². The topological polar surface area (TPSA) is 38.1 Å². The molecule has 0 aliphatic carbocycles. The Hall–Kier alpha value is -1.13. The van der Waals surface area contributed by atoms with Crippen LogP contribution < -0.4 is 5.32 Å². The van der Waals surface area contributed by atoms with Crippen LogP contribution >= 0.6 is 11.3 Å². The lowest BCUT2D eigenvalue weighted by Gasteiger charge is -1.97. The first-order valence-electron chi connectivity index (χ1n) is 5.02. The molecule has 80 valence electrons. The van der Waals surface area contributed by atoms with Crippen molar-refractivity contribution in [3.05, 3.63) is 29.0 Å². The SMILES string of the molecule is CCNCc1sc(-c2ccco2)nc1C. The second kappa shape index (κ2) is 4.59. The van der Waals surface area contributed by atoms with Crippen LogP contribution in [0, 0.1) is 6.92 Å². The van der Waals surface area contributed by atoms with Gasteiger partial charge in [-0.15, -0.1) is 11.3 Å². The lowest BCUT2D eigenvalue weighted by Crippen LogP contribution is -2.11. The maximum Gasteiger partial charge on any atom is 0.162 e. The summed E-state index contributed by atoms with van der Waals surface area (Å²) < 4.78 is 5.32. The van der Waals surface area contributed by atoms with Crippen LogP contribution in [-0.4, -0.2) is 11.5 Å². The van der Waals surface area contributed by atoms with Gasteiger partial charge in [0.2, 0.25) is 0 Å². The summed E-state index contributed by atoms with van der Waals surface area (Å²) in [5.41, 5.74) is 1.09. The molecule has 0 bridgehead atoms. The summed E-state index contributed by atoms with van der Waals surface area (Å²) in [7, 11) is 0. The van der Waals surface area contributed by atoms with Crippen molar-refractivity contribution in [3.8, 4) is 10.8 Å². The summed E-state index contributed by atoms with van der Waals surface area (Å²) in [5.74, 6) is 0.853. The molecule has 2 rings (SSSR count). The smallest absolute Gasteiger partial charge is 0.162 e. The lowest BCUT2D eigenvalue weighted by molar-refractivity contribution is 0.581. The quantitative estimate of drug-likeness (QED) is 0.864. The summed E-state index contributed by atoms with van der Waals surface area (Å²) in [4.78, 5) is 5.77. The van der Waals surface area contributed by atoms with Crippen molar-refractivity contribution in [3.63, 3.8) is 0 Å². The van der Waals surface area contributed by atoms with E-state index in [9.17, 15) is 0 Å². The maximum atomic E-state index is 5.32. The number of thiazole rings is 1. The predicted molar refractivity (Wildman–Crippen MR) is 61.9 cm³/mol. The molecule has 0 radical (unpaired) electrons. The minimum Gasteiger partial charge on any atom is -0.462 e. The maximum absolute atomic E-state index is 5.32. The molecule has 0 unspecified atom stereocenters. The number of hydrogen-bond donors (Lipinski definition) is 1. The summed E-state index contributed by atoms with van der Waals surface area (Å²) in [6.07, 6.45) is 1.68. The van der Waals surface area contributed by atoms with Crippen LogP contribution in [0.15, 0.2) is 22.8 Å². The van der Waals surface area contributed by atoms with Gasteiger partial charge in [-0.3, -0.25) is 0 Å². The van der Waals surface area contributed by atoms with Crippen molar-refractivity contribution < 1.29 is 4.42 Å². The molecule has 0 atom stereocenters. The van der Waals surface area contributed by atoms with E-state index in [4.69, 9.17) is 4.42 Å². The highest BCUT2D eigenvalue weighted by atomic mass is 32.1. The number of aryl methyl sites for hydroxylation is 1. The molecule has 0 aliphatic rings. The van der Waals surface area contributed by atoms with Crippen molar-refractivity contribution in [2.24, 2.45) is 0 Å². The molecule has 15 heavy (non-hydrogen) atoms. The van der Waals surface area contributed by atoms with Gasteiger partial charge in [0.1, 0.15) is 0 Å². The summed E-state index contributed by atoms with van der Waals surface area (Å²) >= 11 is 1.69. The second-order valence-corrected chi connectivity index (χ2v) is 4.37. The predicted octanol–water partition coefficient (Wildman–Crippen LogP) is 2.82. The van der Waals surface area contributed by atoms with Gasteiger partial charge < -0.3 is 9.73 Å². The average molecular weight is 222 g/mol. The molecule has 0 aromatic carbocycles. The van der Waals surface area contributed by atoms with Gasteiger partial charge in [0.25, 0.3) is 0 Å². The van der Waals surface area contributed by atoms with Crippen LogP contribution in [0.5, 0.6) is 0 Å². The molecule has 0 fully saturated rings. The zero-order valence-electron chi connectivity index (χ0n) is 8.91. The van der Waals surface area contributed by atoms with Crippen LogP contribution in [0.4, 0.5) is 0 Å². The van der Waals surface area contributed by atoms with Crippen molar-refractivity contribution in [1.82, 2.24) is 10.3 Å². The van der Waals surface area contributed by atoms with Crippen molar-refractivity contribution in [2.45, 2.75) is 20.4 Å². The van der Waals surface area contributed by atoms with E-state index in [-0.39, 0.29) is 0 Å². The fraction of sp³-hybridized carbons (Fsp3) is 0.364. The molecule has 0 aliphatic heterocycles. The number of furan rings is 1. The van der Waals surface area contributed by atoms with Gasteiger partial charge in [-0.25, -0.2) is 4.98 Å². The van der Waals surface area contributed by atoms with E-state index < -0.39 is 0 Å². The van der Waals surface area contributed by atoms with Crippen LogP contribution in [0.2, 0.25) is 0 Å². The van der Waals surface area contributed by atoms with Gasteiger partial charge in [0, 0.05) is 11.4 Å². The molecule has 2 aromatic rings. The van der Waals surface area contributed by atoms with E-state index in [2.05, 4.69) is 17.2 Å². The molecule has 1 N–H and O–H groups in total. The summed E-state index contributed by atoms with van der Waals surface area (Å²) in [5, 5.41) is 4.27. The van der Waals surface area contributed by atoms with Gasteiger partial charge in [0.05, 0.1) is 12.0 Å². The Morgan fingerprint density at radius 3 is 3.07 bits per heavy atom. The minimum atomic E-state index is 0.853. The van der Waals surface area contributed by atoms with Crippen LogP contribution in [-0.2, 0) is 6.54 Å². The Morgan fingerprint density at radius 2 is 2.40 bits per heavy atom. The number of hydrogen-bond acceptors (Lipinski definition) is 4. The van der Waals surface area contributed by atoms with Gasteiger partial charge in [-0.1, -0.05) is 6.92 Å². The van der Waals surface area contributed by atoms with E-state index in [1.807, 2.05) is 19.1 Å². The molecule has 0 saturated heterocycles. The molecule has 0 spiro atoms. The second-order valence-electron chi connectivity index (χ2n) is 3.29. The largest absolute Gasteiger partial charge is 0.462 e. The third-order valence-corrected chi connectivity index (χ3v) is 3.33. The molecule has 0 saturated carbocycles. The molecular formula is C11H14N2OS. The Labute approximate surface area is 93.2 Å². The fourth-order valence-electron chi connectivity index (χ4n) is 1.34. The number of aromatic nitrogens is 1. The normalized spacial score (nSPS) is 10.8. The molecule has 2 heterocycles. The summed E-state index contributed by atoms with van der Waals surface area (Å²) in [6, 6.07) is 3.82. The Kier molecular flexibility index (Phi) is 3.18. The molecule has 2 aromatic heterocycles. The molecule has 4 heteroatoms. The molecule has 0 amide bonds. The van der Waals surface area contributed by atoms with E-state index >= 15 is 0 Å². The highest BCUT2D eigenvalue weighted by Crippen LogP contribution is 2.27. The van der Waals surface area contributed by atoms with Gasteiger partial charge >= 0.3 is 0 Å². The standard InChI is InChI=1S/C11H14N2OS/c1-3-12-7-10-8(2)13-11(15-10)9-5-4-6-14-9/h4-6,12H,3,7H2,1-2H3. The highest BCUT2D eigenvalue weighted by molar-refractivity contribution is 7.15. The van der Waals surface area contributed by atoms with Gasteiger partial charge in [-0.05, 0) is 25.6 Å². The highest BCUT2D eigenvalue weighted by Gasteiger charge is 2.10. The Bertz CT molecular complexity index is 420. The third-order valence-electron chi connectivity index (χ3n) is 2.16. The Morgan fingerprint density at radius 1 is 1.53 bits per heavy atom. The Balaban J connectivity index is 2.21. The van der Waals surface area contributed by atoms with Crippen molar-refractivity contribution >= 4 is 11.3 Å². The van der Waals surface area contributed by atoms with E-state index in [1.165, 1.54) is 4.88 Å². The number of nitrogens with zero attached hydrogens (tertiary/aromatic N) is 1. The van der Waals surface area contributed by atoms with Gasteiger partial charge in [0.15, 0.2) is 10.8 Å². The monoisotopic (exact) mass is 222 g/mol. The average Bonchev–Trinajstić information content (AvgIpc) is 2.83. The first-order chi connectivity index (χ1) is 7.31.